The standard InChI is InChI=1S/C25H28BrN5S.C3H6/c1-5-20-18(3)32-16-19(20)15-30(4)12-8-11-27-24-13-23(21-10-7-6-9-17(21)2)29-25-22(26)14-28-31(24)25;1-3-2/h5-7,9-10,13-14,16,27H,1,8,11-12,15H2,2-4H3;3H,1H2,2H3. The number of hydrogen-bond acceptors (Lipinski definition) is 5. The van der Waals surface area contributed by atoms with Crippen LogP contribution in [0.15, 0.2) is 65.6 Å². The van der Waals surface area contributed by atoms with Gasteiger partial charge < -0.3 is 10.2 Å². The van der Waals surface area contributed by atoms with Crippen LogP contribution in [0.5, 0.6) is 0 Å². The van der Waals surface area contributed by atoms with Crippen molar-refractivity contribution in [1.82, 2.24) is 19.5 Å². The van der Waals surface area contributed by atoms with Crippen molar-refractivity contribution < 1.29 is 0 Å². The maximum Gasteiger partial charge on any atom is 0.172 e. The van der Waals surface area contributed by atoms with Crippen LogP contribution in [0.3, 0.4) is 0 Å². The van der Waals surface area contributed by atoms with E-state index in [4.69, 9.17) is 4.98 Å². The summed E-state index contributed by atoms with van der Waals surface area (Å²) in [6.45, 7) is 16.3. The van der Waals surface area contributed by atoms with E-state index >= 15 is 0 Å². The molecule has 0 aliphatic rings. The third-order valence-electron chi connectivity index (χ3n) is 5.62. The highest BCUT2D eigenvalue weighted by atomic mass is 79.9. The Morgan fingerprint density at radius 1 is 1.23 bits per heavy atom. The first-order chi connectivity index (χ1) is 16.9. The largest absolute Gasteiger partial charge is 0.370 e. The van der Waals surface area contributed by atoms with E-state index < -0.39 is 0 Å². The van der Waals surface area contributed by atoms with Crippen molar-refractivity contribution in [3.8, 4) is 11.3 Å². The summed E-state index contributed by atoms with van der Waals surface area (Å²) in [6, 6.07) is 10.4. The molecule has 0 bridgehead atoms. The molecule has 0 atom stereocenters. The Bertz CT molecular complexity index is 1290. The maximum atomic E-state index is 4.85. The van der Waals surface area contributed by atoms with E-state index in [-0.39, 0.29) is 0 Å². The van der Waals surface area contributed by atoms with Crippen LogP contribution in [0.25, 0.3) is 23.0 Å². The second-order valence-corrected chi connectivity index (χ2v) is 10.4. The number of halogens is 1. The van der Waals surface area contributed by atoms with Crippen LogP contribution in [0, 0.1) is 13.8 Å². The molecule has 7 heteroatoms. The van der Waals surface area contributed by atoms with Crippen LogP contribution in [-0.4, -0.2) is 39.6 Å². The molecule has 0 fully saturated rings. The van der Waals surface area contributed by atoms with Crippen LogP contribution in [-0.2, 0) is 6.54 Å². The summed E-state index contributed by atoms with van der Waals surface area (Å²) in [5.74, 6) is 0.948. The highest BCUT2D eigenvalue weighted by Crippen LogP contribution is 2.28. The quantitative estimate of drug-likeness (QED) is 0.172. The van der Waals surface area contributed by atoms with E-state index in [2.05, 4.69) is 101 Å². The average molecular weight is 553 g/mol. The molecule has 184 valence electrons. The van der Waals surface area contributed by atoms with Gasteiger partial charge in [0.2, 0.25) is 0 Å². The van der Waals surface area contributed by atoms with Crippen molar-refractivity contribution in [3.05, 3.63) is 87.2 Å². The lowest BCUT2D eigenvalue weighted by Gasteiger charge is -2.17. The molecule has 0 saturated heterocycles. The molecule has 1 N–H and O–H groups in total. The van der Waals surface area contributed by atoms with Gasteiger partial charge in [-0.1, -0.05) is 43.0 Å². The first-order valence-corrected chi connectivity index (χ1v) is 13.4. The topological polar surface area (TPSA) is 45.5 Å². The Kier molecular flexibility index (Phi) is 9.83. The normalized spacial score (nSPS) is 10.8. The van der Waals surface area contributed by atoms with Gasteiger partial charge in [0, 0.05) is 29.6 Å². The summed E-state index contributed by atoms with van der Waals surface area (Å²) in [4.78, 5) is 8.54. The molecular weight excluding hydrogens is 518 g/mol. The molecule has 0 spiro atoms. The van der Waals surface area contributed by atoms with Crippen molar-refractivity contribution in [2.24, 2.45) is 0 Å². The Morgan fingerprint density at radius 2 is 1.97 bits per heavy atom. The van der Waals surface area contributed by atoms with Crippen molar-refractivity contribution in [3.63, 3.8) is 0 Å². The number of aryl methyl sites for hydroxylation is 2. The van der Waals surface area contributed by atoms with Crippen molar-refractivity contribution in [2.75, 3.05) is 25.5 Å². The first kappa shape index (κ1) is 26.9. The number of benzene rings is 1. The Hall–Kier alpha value is -2.74. The highest BCUT2D eigenvalue weighted by molar-refractivity contribution is 9.10. The van der Waals surface area contributed by atoms with E-state index in [1.807, 2.05) is 17.5 Å². The molecule has 0 radical (unpaired) electrons. The van der Waals surface area contributed by atoms with Crippen LogP contribution < -0.4 is 5.32 Å². The molecule has 0 aliphatic heterocycles. The summed E-state index contributed by atoms with van der Waals surface area (Å²) in [5.41, 5.74) is 6.74. The number of fused-ring (bicyclic) bond motifs is 1. The lowest BCUT2D eigenvalue weighted by Crippen LogP contribution is -2.21. The number of nitrogens with zero attached hydrogens (tertiary/aromatic N) is 4. The molecule has 0 amide bonds. The summed E-state index contributed by atoms with van der Waals surface area (Å²) in [5, 5.41) is 10.3. The number of aromatic nitrogens is 3. The Morgan fingerprint density at radius 3 is 2.69 bits per heavy atom. The maximum absolute atomic E-state index is 4.85. The second kappa shape index (κ2) is 12.8. The second-order valence-electron chi connectivity index (χ2n) is 8.43. The number of rotatable bonds is 9. The first-order valence-electron chi connectivity index (χ1n) is 11.7. The molecule has 0 unspecified atom stereocenters. The Balaban J connectivity index is 0.00000108. The third-order valence-corrected chi connectivity index (χ3v) is 7.16. The van der Waals surface area contributed by atoms with Gasteiger partial charge in [-0.2, -0.15) is 9.61 Å². The van der Waals surface area contributed by atoms with E-state index in [0.717, 1.165) is 53.3 Å². The fourth-order valence-electron chi connectivity index (χ4n) is 3.91. The number of hydrogen-bond donors (Lipinski definition) is 1. The molecular formula is C28H34BrN5S. The monoisotopic (exact) mass is 551 g/mol. The van der Waals surface area contributed by atoms with Gasteiger partial charge in [-0.3, -0.25) is 0 Å². The van der Waals surface area contributed by atoms with Gasteiger partial charge in [-0.25, -0.2) is 4.98 Å². The molecule has 4 rings (SSSR count). The number of anilines is 1. The minimum absolute atomic E-state index is 0.815. The predicted molar refractivity (Wildman–Crippen MR) is 155 cm³/mol. The summed E-state index contributed by atoms with van der Waals surface area (Å²) in [6.07, 6.45) is 6.54. The molecule has 0 aliphatic carbocycles. The van der Waals surface area contributed by atoms with E-state index in [1.165, 1.54) is 21.6 Å². The van der Waals surface area contributed by atoms with Gasteiger partial charge in [0.1, 0.15) is 5.82 Å². The number of allylic oxidation sites excluding steroid dienone is 1. The Labute approximate surface area is 221 Å². The van der Waals surface area contributed by atoms with Gasteiger partial charge in [-0.15, -0.1) is 17.9 Å². The zero-order chi connectivity index (χ0) is 25.4. The summed E-state index contributed by atoms with van der Waals surface area (Å²) < 4.78 is 2.75. The summed E-state index contributed by atoms with van der Waals surface area (Å²) in [7, 11) is 2.17. The van der Waals surface area contributed by atoms with Gasteiger partial charge in [0.15, 0.2) is 5.65 Å². The molecule has 1 aromatic carbocycles. The van der Waals surface area contributed by atoms with Crippen LogP contribution in [0.4, 0.5) is 5.82 Å². The molecule has 35 heavy (non-hydrogen) atoms. The molecule has 5 nitrogen and oxygen atoms in total. The lowest BCUT2D eigenvalue weighted by atomic mass is 10.1. The molecule has 4 aromatic rings. The van der Waals surface area contributed by atoms with E-state index in [1.54, 1.807) is 23.6 Å². The number of thiophene rings is 1. The van der Waals surface area contributed by atoms with Crippen molar-refractivity contribution >= 4 is 44.8 Å². The molecule has 3 heterocycles. The average Bonchev–Trinajstić information content (AvgIpc) is 3.39. The van der Waals surface area contributed by atoms with E-state index in [0.29, 0.717) is 0 Å². The van der Waals surface area contributed by atoms with Gasteiger partial charge in [0.25, 0.3) is 0 Å². The van der Waals surface area contributed by atoms with Crippen LogP contribution in [0.1, 0.15) is 34.9 Å². The predicted octanol–water partition coefficient (Wildman–Crippen LogP) is 7.61. The fourth-order valence-corrected chi connectivity index (χ4v) is 5.12. The summed E-state index contributed by atoms with van der Waals surface area (Å²) >= 11 is 5.38. The van der Waals surface area contributed by atoms with E-state index in [9.17, 15) is 0 Å². The lowest BCUT2D eigenvalue weighted by molar-refractivity contribution is 0.325. The van der Waals surface area contributed by atoms with Crippen molar-refractivity contribution in [2.45, 2.75) is 33.7 Å². The highest BCUT2D eigenvalue weighted by Gasteiger charge is 2.13. The van der Waals surface area contributed by atoms with Gasteiger partial charge >= 0.3 is 0 Å². The SMILES string of the molecule is C=CC.C=Cc1c(CN(C)CCCNc2cc(-c3ccccc3C)nc3c(Br)cnn23)csc1C. The zero-order valence-corrected chi connectivity index (χ0v) is 23.4. The zero-order valence-electron chi connectivity index (χ0n) is 21.0. The smallest absolute Gasteiger partial charge is 0.172 e. The van der Waals surface area contributed by atoms with Crippen LogP contribution in [0.2, 0.25) is 0 Å². The van der Waals surface area contributed by atoms with Gasteiger partial charge in [0.05, 0.1) is 16.4 Å². The third kappa shape index (κ3) is 6.69. The minimum Gasteiger partial charge on any atom is -0.370 e. The van der Waals surface area contributed by atoms with Gasteiger partial charge in [-0.05, 0) is 78.8 Å². The van der Waals surface area contributed by atoms with Crippen molar-refractivity contribution in [1.29, 1.82) is 0 Å². The molecule has 0 saturated carbocycles. The fraction of sp³-hybridized carbons (Fsp3) is 0.286. The minimum atomic E-state index is 0.815. The number of nitrogens with one attached hydrogen (secondary N) is 1. The van der Waals surface area contributed by atoms with Crippen LogP contribution >= 0.6 is 27.3 Å². The molecule has 3 aromatic heterocycles.